The SMILES string of the molecule is CC[C@H](Sc1cc(-c2ccccc2)ncn1)C(=O)Nc1nnc(COC)s1. The second-order valence-corrected chi connectivity index (χ2v) is 7.83. The molecule has 0 aliphatic heterocycles. The number of benzene rings is 1. The Hall–Kier alpha value is -2.36. The summed E-state index contributed by atoms with van der Waals surface area (Å²) < 4.78 is 5.02. The van der Waals surface area contributed by atoms with Gasteiger partial charge in [-0.15, -0.1) is 10.2 Å². The first-order valence-corrected chi connectivity index (χ1v) is 10.1. The molecule has 3 aromatic rings. The number of nitrogens with one attached hydrogen (secondary N) is 1. The smallest absolute Gasteiger partial charge is 0.239 e. The van der Waals surface area contributed by atoms with Gasteiger partial charge in [0, 0.05) is 12.7 Å². The van der Waals surface area contributed by atoms with Crippen molar-refractivity contribution in [3.05, 3.63) is 47.7 Å². The van der Waals surface area contributed by atoms with Crippen LogP contribution in [-0.4, -0.2) is 38.4 Å². The topological polar surface area (TPSA) is 89.9 Å². The van der Waals surface area contributed by atoms with Gasteiger partial charge in [-0.2, -0.15) is 0 Å². The van der Waals surface area contributed by atoms with Gasteiger partial charge in [-0.05, 0) is 12.5 Å². The Balaban J connectivity index is 1.68. The van der Waals surface area contributed by atoms with E-state index in [0.717, 1.165) is 21.3 Å². The molecule has 3 rings (SSSR count). The van der Waals surface area contributed by atoms with Crippen LogP contribution in [0.25, 0.3) is 11.3 Å². The van der Waals surface area contributed by atoms with Crippen LogP contribution in [0.2, 0.25) is 0 Å². The Labute approximate surface area is 165 Å². The molecule has 140 valence electrons. The maximum absolute atomic E-state index is 12.6. The zero-order valence-corrected chi connectivity index (χ0v) is 16.6. The van der Waals surface area contributed by atoms with Crippen molar-refractivity contribution in [1.29, 1.82) is 0 Å². The Morgan fingerprint density at radius 2 is 2.07 bits per heavy atom. The maximum atomic E-state index is 12.6. The summed E-state index contributed by atoms with van der Waals surface area (Å²) in [5.74, 6) is -0.123. The summed E-state index contributed by atoms with van der Waals surface area (Å²) in [6, 6.07) is 11.8. The molecule has 7 nitrogen and oxygen atoms in total. The molecule has 0 spiro atoms. The summed E-state index contributed by atoms with van der Waals surface area (Å²) in [6.45, 7) is 2.34. The first kappa shape index (κ1) is 19.4. The van der Waals surface area contributed by atoms with Crippen LogP contribution >= 0.6 is 23.1 Å². The van der Waals surface area contributed by atoms with E-state index in [-0.39, 0.29) is 11.2 Å². The minimum atomic E-state index is -0.293. The van der Waals surface area contributed by atoms with Crippen molar-refractivity contribution in [2.45, 2.75) is 30.2 Å². The lowest BCUT2D eigenvalue weighted by molar-refractivity contribution is -0.115. The number of anilines is 1. The highest BCUT2D eigenvalue weighted by molar-refractivity contribution is 8.00. The number of hydrogen-bond acceptors (Lipinski definition) is 8. The highest BCUT2D eigenvalue weighted by Gasteiger charge is 2.20. The lowest BCUT2D eigenvalue weighted by atomic mass is 10.1. The van der Waals surface area contributed by atoms with Crippen molar-refractivity contribution in [3.63, 3.8) is 0 Å². The Morgan fingerprint density at radius 3 is 2.81 bits per heavy atom. The van der Waals surface area contributed by atoms with Crippen molar-refractivity contribution in [2.24, 2.45) is 0 Å². The number of amides is 1. The average molecular weight is 402 g/mol. The van der Waals surface area contributed by atoms with Crippen LogP contribution in [0.3, 0.4) is 0 Å². The third-order valence-electron chi connectivity index (χ3n) is 3.60. The van der Waals surface area contributed by atoms with E-state index in [1.807, 2.05) is 43.3 Å². The number of aromatic nitrogens is 4. The predicted molar refractivity (Wildman–Crippen MR) is 107 cm³/mol. The van der Waals surface area contributed by atoms with Gasteiger partial charge in [0.15, 0.2) is 0 Å². The van der Waals surface area contributed by atoms with Gasteiger partial charge in [-0.1, -0.05) is 60.4 Å². The first-order chi connectivity index (χ1) is 13.2. The molecule has 0 aliphatic carbocycles. The summed E-state index contributed by atoms with van der Waals surface area (Å²) in [4.78, 5) is 21.2. The Bertz CT molecular complexity index is 888. The number of nitrogens with zero attached hydrogens (tertiary/aromatic N) is 4. The molecule has 0 saturated heterocycles. The number of carbonyl (C=O) groups excluding carboxylic acids is 1. The van der Waals surface area contributed by atoms with Gasteiger partial charge < -0.3 is 4.74 Å². The molecule has 2 heterocycles. The minimum Gasteiger partial charge on any atom is -0.377 e. The van der Waals surface area contributed by atoms with Gasteiger partial charge in [-0.3, -0.25) is 10.1 Å². The number of hydrogen-bond donors (Lipinski definition) is 1. The second-order valence-electron chi connectivity index (χ2n) is 5.55. The lowest BCUT2D eigenvalue weighted by Crippen LogP contribution is -2.24. The second kappa shape index (κ2) is 9.54. The molecule has 1 atom stereocenters. The summed E-state index contributed by atoms with van der Waals surface area (Å²) >= 11 is 2.72. The van der Waals surface area contributed by atoms with E-state index in [2.05, 4.69) is 25.5 Å². The lowest BCUT2D eigenvalue weighted by Gasteiger charge is -2.13. The standard InChI is InChI=1S/C18H19N5O2S2/c1-3-14(17(24)21-18-23-22-16(27-18)10-25-2)26-15-9-13(19-11-20-15)12-7-5-4-6-8-12/h4-9,11,14H,3,10H2,1-2H3,(H,21,23,24)/t14-/m0/s1. The molecule has 1 N–H and O–H groups in total. The molecule has 0 fully saturated rings. The molecule has 27 heavy (non-hydrogen) atoms. The van der Waals surface area contributed by atoms with Gasteiger partial charge >= 0.3 is 0 Å². The van der Waals surface area contributed by atoms with Crippen LogP contribution in [0.15, 0.2) is 47.8 Å². The summed E-state index contributed by atoms with van der Waals surface area (Å²) in [6.07, 6.45) is 2.18. The number of carbonyl (C=O) groups is 1. The van der Waals surface area contributed by atoms with Crippen molar-refractivity contribution in [1.82, 2.24) is 20.2 Å². The third-order valence-corrected chi connectivity index (χ3v) is 5.71. The summed E-state index contributed by atoms with van der Waals surface area (Å²) in [7, 11) is 1.59. The average Bonchev–Trinajstić information content (AvgIpc) is 3.14. The van der Waals surface area contributed by atoms with Crippen LogP contribution in [0.5, 0.6) is 0 Å². The van der Waals surface area contributed by atoms with Crippen LogP contribution < -0.4 is 5.32 Å². The van der Waals surface area contributed by atoms with Gasteiger partial charge in [0.1, 0.15) is 23.0 Å². The fourth-order valence-corrected chi connectivity index (χ4v) is 3.94. The predicted octanol–water partition coefficient (Wildman–Crippen LogP) is 3.65. The maximum Gasteiger partial charge on any atom is 0.239 e. The number of ether oxygens (including phenoxy) is 1. The van der Waals surface area contributed by atoms with E-state index in [1.54, 1.807) is 7.11 Å². The van der Waals surface area contributed by atoms with Gasteiger partial charge in [0.25, 0.3) is 0 Å². The largest absolute Gasteiger partial charge is 0.377 e. The van der Waals surface area contributed by atoms with E-state index >= 15 is 0 Å². The van der Waals surface area contributed by atoms with Gasteiger partial charge in [0.05, 0.1) is 10.9 Å². The Kier molecular flexibility index (Phi) is 6.86. The van der Waals surface area contributed by atoms with Crippen LogP contribution in [0.4, 0.5) is 5.13 Å². The van der Waals surface area contributed by atoms with Crippen molar-refractivity contribution >= 4 is 34.1 Å². The summed E-state index contributed by atoms with van der Waals surface area (Å²) in [5, 5.41) is 12.4. The molecular weight excluding hydrogens is 382 g/mol. The zero-order valence-electron chi connectivity index (χ0n) is 15.0. The normalized spacial score (nSPS) is 11.9. The quantitative estimate of drug-likeness (QED) is 0.455. The van der Waals surface area contributed by atoms with Crippen molar-refractivity contribution in [2.75, 3.05) is 12.4 Å². The molecule has 0 aliphatic rings. The van der Waals surface area contributed by atoms with Crippen LogP contribution in [0, 0.1) is 0 Å². The van der Waals surface area contributed by atoms with E-state index in [0.29, 0.717) is 18.2 Å². The van der Waals surface area contributed by atoms with E-state index in [1.165, 1.54) is 29.4 Å². The van der Waals surface area contributed by atoms with E-state index in [4.69, 9.17) is 4.74 Å². The number of rotatable bonds is 8. The van der Waals surface area contributed by atoms with Crippen molar-refractivity contribution in [3.8, 4) is 11.3 Å². The fraction of sp³-hybridized carbons (Fsp3) is 0.278. The monoisotopic (exact) mass is 401 g/mol. The molecule has 0 saturated carbocycles. The molecule has 0 unspecified atom stereocenters. The van der Waals surface area contributed by atoms with Crippen molar-refractivity contribution < 1.29 is 9.53 Å². The minimum absolute atomic E-state index is 0.123. The highest BCUT2D eigenvalue weighted by Crippen LogP contribution is 2.28. The highest BCUT2D eigenvalue weighted by atomic mass is 32.2. The van der Waals surface area contributed by atoms with Gasteiger partial charge in [-0.25, -0.2) is 9.97 Å². The fourth-order valence-electron chi connectivity index (χ4n) is 2.31. The van der Waals surface area contributed by atoms with Crippen LogP contribution in [0.1, 0.15) is 18.4 Å². The molecule has 0 radical (unpaired) electrons. The van der Waals surface area contributed by atoms with E-state index < -0.39 is 0 Å². The number of methoxy groups -OCH3 is 1. The number of thioether (sulfide) groups is 1. The van der Waals surface area contributed by atoms with E-state index in [9.17, 15) is 4.79 Å². The zero-order chi connectivity index (χ0) is 19.1. The molecule has 0 bridgehead atoms. The molecular formula is C18H19N5O2S2. The van der Waals surface area contributed by atoms with Crippen LogP contribution in [-0.2, 0) is 16.1 Å². The molecule has 1 amide bonds. The molecule has 2 aromatic heterocycles. The van der Waals surface area contributed by atoms with Gasteiger partial charge in [0.2, 0.25) is 11.0 Å². The molecule has 1 aromatic carbocycles. The third kappa shape index (κ3) is 5.31. The first-order valence-electron chi connectivity index (χ1n) is 8.36. The molecule has 9 heteroatoms. The Morgan fingerprint density at radius 1 is 1.26 bits per heavy atom. The summed E-state index contributed by atoms with van der Waals surface area (Å²) in [5.41, 5.74) is 1.84.